The molecule has 1 fully saturated rings. The van der Waals surface area contributed by atoms with Gasteiger partial charge in [-0.05, 0) is 31.7 Å². The largest absolute Gasteiger partial charge is 0.423 e. The van der Waals surface area contributed by atoms with Crippen LogP contribution >= 0.6 is 0 Å². The molecule has 1 N–H and O–H groups in total. The molecule has 0 bridgehead atoms. The molecule has 0 spiro atoms. The molecule has 4 heteroatoms. The Kier molecular flexibility index (Phi) is 3.59. The van der Waals surface area contributed by atoms with E-state index in [-0.39, 0.29) is 6.04 Å². The highest BCUT2D eigenvalue weighted by atomic mass is 16.4. The summed E-state index contributed by atoms with van der Waals surface area (Å²) in [5.41, 5.74) is 0. The van der Waals surface area contributed by atoms with Crippen molar-refractivity contribution < 1.29 is 4.42 Å². The molecule has 0 aromatic carbocycles. The van der Waals surface area contributed by atoms with Gasteiger partial charge >= 0.3 is 0 Å². The van der Waals surface area contributed by atoms with Gasteiger partial charge in [0.05, 0.1) is 6.04 Å². The van der Waals surface area contributed by atoms with Crippen molar-refractivity contribution in [3.8, 4) is 0 Å². The van der Waals surface area contributed by atoms with Crippen LogP contribution in [0.3, 0.4) is 0 Å². The second-order valence-electron chi connectivity index (χ2n) is 4.71. The van der Waals surface area contributed by atoms with Crippen molar-refractivity contribution in [2.24, 2.45) is 5.92 Å². The Morgan fingerprint density at radius 1 is 1.44 bits per heavy atom. The quantitative estimate of drug-likeness (QED) is 0.805. The fraction of sp³-hybridized carbons (Fsp3) is 0.833. The highest BCUT2D eigenvalue weighted by Crippen LogP contribution is 2.46. The van der Waals surface area contributed by atoms with E-state index < -0.39 is 0 Å². The molecule has 2 rings (SSSR count). The van der Waals surface area contributed by atoms with Crippen LogP contribution in [0.2, 0.25) is 0 Å². The Labute approximate surface area is 96.8 Å². The van der Waals surface area contributed by atoms with Gasteiger partial charge in [0, 0.05) is 5.92 Å². The van der Waals surface area contributed by atoms with E-state index in [1.165, 1.54) is 6.42 Å². The highest BCUT2D eigenvalue weighted by Gasteiger charge is 2.39. The second kappa shape index (κ2) is 4.95. The molecule has 1 aromatic rings. The Morgan fingerprint density at radius 3 is 2.75 bits per heavy atom. The summed E-state index contributed by atoms with van der Waals surface area (Å²) >= 11 is 0. The third-order valence-electron chi connectivity index (χ3n) is 3.23. The summed E-state index contributed by atoms with van der Waals surface area (Å²) in [7, 11) is 0. The van der Waals surface area contributed by atoms with Crippen LogP contribution < -0.4 is 5.32 Å². The summed E-state index contributed by atoms with van der Waals surface area (Å²) in [5, 5.41) is 11.7. The smallest absolute Gasteiger partial charge is 0.233 e. The summed E-state index contributed by atoms with van der Waals surface area (Å²) in [6.07, 6.45) is 3.31. The third kappa shape index (κ3) is 2.43. The van der Waals surface area contributed by atoms with Gasteiger partial charge in [0.2, 0.25) is 11.8 Å². The third-order valence-corrected chi connectivity index (χ3v) is 3.23. The Morgan fingerprint density at radius 2 is 2.19 bits per heavy atom. The Bertz CT molecular complexity index is 337. The summed E-state index contributed by atoms with van der Waals surface area (Å²) in [4.78, 5) is 0. The first-order valence-electron chi connectivity index (χ1n) is 6.32. The number of hydrogen-bond donors (Lipinski definition) is 1. The molecule has 1 aromatic heterocycles. The zero-order chi connectivity index (χ0) is 11.5. The molecule has 90 valence electrons. The van der Waals surface area contributed by atoms with Crippen molar-refractivity contribution in [1.82, 2.24) is 15.5 Å². The van der Waals surface area contributed by atoms with Crippen LogP contribution in [0.4, 0.5) is 0 Å². The van der Waals surface area contributed by atoms with Crippen molar-refractivity contribution in [3.63, 3.8) is 0 Å². The minimum Gasteiger partial charge on any atom is -0.423 e. The molecule has 0 aliphatic heterocycles. The van der Waals surface area contributed by atoms with Crippen molar-refractivity contribution in [1.29, 1.82) is 0 Å². The summed E-state index contributed by atoms with van der Waals surface area (Å²) in [6, 6.07) is 0.218. The van der Waals surface area contributed by atoms with Gasteiger partial charge in [-0.15, -0.1) is 10.2 Å². The minimum absolute atomic E-state index is 0.218. The van der Waals surface area contributed by atoms with Crippen LogP contribution in [0.1, 0.15) is 63.8 Å². The maximum absolute atomic E-state index is 5.74. The first kappa shape index (κ1) is 11.6. The standard InChI is InChI=1S/C12H21N3O/c1-4-6-13-10(5-2)12-15-14-11(16-12)9-7-8(9)3/h8-10,13H,4-7H2,1-3H3. The maximum Gasteiger partial charge on any atom is 0.233 e. The van der Waals surface area contributed by atoms with Gasteiger partial charge in [0.1, 0.15) is 0 Å². The lowest BCUT2D eigenvalue weighted by Crippen LogP contribution is -2.21. The van der Waals surface area contributed by atoms with Gasteiger partial charge in [-0.1, -0.05) is 20.8 Å². The molecular formula is C12H21N3O. The summed E-state index contributed by atoms with van der Waals surface area (Å²) in [6.45, 7) is 7.51. The predicted octanol–water partition coefficient (Wildman–Crippen LogP) is 2.64. The topological polar surface area (TPSA) is 51.0 Å². The van der Waals surface area contributed by atoms with E-state index in [4.69, 9.17) is 4.42 Å². The van der Waals surface area contributed by atoms with Crippen molar-refractivity contribution in [2.75, 3.05) is 6.54 Å². The molecule has 0 amide bonds. The number of rotatable bonds is 6. The fourth-order valence-electron chi connectivity index (χ4n) is 1.93. The molecule has 1 aliphatic rings. The zero-order valence-electron chi connectivity index (χ0n) is 10.4. The SMILES string of the molecule is CCCNC(CC)c1nnc(C2CC2C)o1. The first-order chi connectivity index (χ1) is 7.76. The van der Waals surface area contributed by atoms with Crippen LogP contribution in [-0.2, 0) is 0 Å². The van der Waals surface area contributed by atoms with Crippen LogP contribution in [0, 0.1) is 5.92 Å². The number of nitrogens with zero attached hydrogens (tertiary/aromatic N) is 2. The van der Waals surface area contributed by atoms with Crippen molar-refractivity contribution >= 4 is 0 Å². The summed E-state index contributed by atoms with van der Waals surface area (Å²) in [5.74, 6) is 2.83. The van der Waals surface area contributed by atoms with Gasteiger partial charge in [0.25, 0.3) is 0 Å². The Balaban J connectivity index is 1.98. The van der Waals surface area contributed by atoms with E-state index in [1.807, 2.05) is 0 Å². The van der Waals surface area contributed by atoms with Gasteiger partial charge in [-0.3, -0.25) is 0 Å². The maximum atomic E-state index is 5.74. The van der Waals surface area contributed by atoms with Gasteiger partial charge in [-0.2, -0.15) is 0 Å². The Hall–Kier alpha value is -0.900. The van der Waals surface area contributed by atoms with E-state index >= 15 is 0 Å². The van der Waals surface area contributed by atoms with E-state index in [0.29, 0.717) is 5.92 Å². The normalized spacial score (nSPS) is 25.7. The lowest BCUT2D eigenvalue weighted by Gasteiger charge is -2.11. The first-order valence-corrected chi connectivity index (χ1v) is 6.32. The molecule has 3 unspecified atom stereocenters. The molecule has 0 saturated heterocycles. The fourth-order valence-corrected chi connectivity index (χ4v) is 1.93. The van der Waals surface area contributed by atoms with Crippen molar-refractivity contribution in [3.05, 3.63) is 11.8 Å². The number of aromatic nitrogens is 2. The van der Waals surface area contributed by atoms with Gasteiger partial charge in [0.15, 0.2) is 0 Å². The van der Waals surface area contributed by atoms with E-state index in [0.717, 1.165) is 37.1 Å². The van der Waals surface area contributed by atoms with Crippen LogP contribution in [0.25, 0.3) is 0 Å². The summed E-state index contributed by atoms with van der Waals surface area (Å²) < 4.78 is 5.74. The molecule has 1 aliphatic carbocycles. The molecule has 1 saturated carbocycles. The molecule has 0 radical (unpaired) electrons. The van der Waals surface area contributed by atoms with Gasteiger partial charge in [-0.25, -0.2) is 0 Å². The van der Waals surface area contributed by atoms with Crippen LogP contribution in [0.15, 0.2) is 4.42 Å². The highest BCUT2D eigenvalue weighted by molar-refractivity contribution is 5.05. The predicted molar refractivity (Wildman–Crippen MR) is 62.1 cm³/mol. The lowest BCUT2D eigenvalue weighted by atomic mass is 10.2. The average Bonchev–Trinajstić information content (AvgIpc) is 2.82. The molecule has 3 atom stereocenters. The van der Waals surface area contributed by atoms with Crippen LogP contribution in [-0.4, -0.2) is 16.7 Å². The molecular weight excluding hydrogens is 202 g/mol. The van der Waals surface area contributed by atoms with Crippen LogP contribution in [0.5, 0.6) is 0 Å². The molecule has 4 nitrogen and oxygen atoms in total. The lowest BCUT2D eigenvalue weighted by molar-refractivity contribution is 0.371. The molecule has 16 heavy (non-hydrogen) atoms. The minimum atomic E-state index is 0.218. The average molecular weight is 223 g/mol. The number of nitrogens with one attached hydrogen (secondary N) is 1. The van der Waals surface area contributed by atoms with E-state index in [9.17, 15) is 0 Å². The zero-order valence-corrected chi connectivity index (χ0v) is 10.4. The van der Waals surface area contributed by atoms with Crippen molar-refractivity contribution in [2.45, 2.75) is 52.0 Å². The number of hydrogen-bond acceptors (Lipinski definition) is 4. The van der Waals surface area contributed by atoms with E-state index in [2.05, 4.69) is 36.3 Å². The molecule has 1 heterocycles. The van der Waals surface area contributed by atoms with Gasteiger partial charge < -0.3 is 9.73 Å². The monoisotopic (exact) mass is 223 g/mol. The second-order valence-corrected chi connectivity index (χ2v) is 4.71. The van der Waals surface area contributed by atoms with E-state index in [1.54, 1.807) is 0 Å².